The number of aromatic nitrogens is 1. The van der Waals surface area contributed by atoms with Gasteiger partial charge in [-0.05, 0) is 30.3 Å². The molecule has 0 saturated heterocycles. The summed E-state index contributed by atoms with van der Waals surface area (Å²) in [5.41, 5.74) is 2.38. The Labute approximate surface area is 156 Å². The zero-order valence-electron chi connectivity index (χ0n) is 14.1. The third-order valence-electron chi connectivity index (χ3n) is 4.17. The van der Waals surface area contributed by atoms with Crippen LogP contribution < -0.4 is 4.72 Å². The maximum Gasteiger partial charge on any atom is 0.264 e. The molecule has 4 nitrogen and oxygen atoms in total. The van der Waals surface area contributed by atoms with Gasteiger partial charge in [-0.3, -0.25) is 4.72 Å². The van der Waals surface area contributed by atoms with Crippen LogP contribution in [0.5, 0.6) is 0 Å². The summed E-state index contributed by atoms with van der Waals surface area (Å²) in [5, 5.41) is 0.991. The van der Waals surface area contributed by atoms with Crippen molar-refractivity contribution in [2.45, 2.75) is 4.90 Å². The van der Waals surface area contributed by atoms with Crippen LogP contribution in [-0.4, -0.2) is 13.4 Å². The number of anilines is 1. The van der Waals surface area contributed by atoms with E-state index in [9.17, 15) is 12.8 Å². The number of benzene rings is 3. The summed E-state index contributed by atoms with van der Waals surface area (Å²) in [5.74, 6) is -0.800. The largest absolute Gasteiger partial charge is 0.279 e. The summed E-state index contributed by atoms with van der Waals surface area (Å²) < 4.78 is 41.7. The number of fused-ring (bicyclic) bond motifs is 1. The molecule has 134 valence electrons. The van der Waals surface area contributed by atoms with Crippen LogP contribution in [-0.2, 0) is 10.0 Å². The summed E-state index contributed by atoms with van der Waals surface area (Å²) >= 11 is 0. The summed E-state index contributed by atoms with van der Waals surface area (Å²) in [6, 6.07) is 23.6. The molecule has 0 atom stereocenters. The lowest BCUT2D eigenvalue weighted by Crippen LogP contribution is -2.15. The van der Waals surface area contributed by atoms with Gasteiger partial charge in [-0.25, -0.2) is 17.8 Å². The second-order valence-electron chi connectivity index (χ2n) is 5.97. The van der Waals surface area contributed by atoms with Crippen molar-refractivity contribution in [3.8, 4) is 11.3 Å². The van der Waals surface area contributed by atoms with Crippen LogP contribution in [0.15, 0.2) is 89.8 Å². The number of hydrogen-bond donors (Lipinski definition) is 1. The Hall–Kier alpha value is -3.25. The summed E-state index contributed by atoms with van der Waals surface area (Å²) in [7, 11) is -4.07. The van der Waals surface area contributed by atoms with Crippen LogP contribution in [0.25, 0.3) is 22.2 Å². The molecule has 1 aromatic heterocycles. The molecule has 1 heterocycles. The van der Waals surface area contributed by atoms with E-state index < -0.39 is 20.7 Å². The van der Waals surface area contributed by atoms with Crippen molar-refractivity contribution < 1.29 is 12.8 Å². The summed E-state index contributed by atoms with van der Waals surface area (Å²) in [6.07, 6.45) is 0. The van der Waals surface area contributed by atoms with Crippen LogP contribution in [0.3, 0.4) is 0 Å². The van der Waals surface area contributed by atoms with Gasteiger partial charge in [0.05, 0.1) is 16.9 Å². The van der Waals surface area contributed by atoms with Gasteiger partial charge in [-0.15, -0.1) is 0 Å². The van der Waals surface area contributed by atoms with Gasteiger partial charge in [0.25, 0.3) is 10.0 Å². The Morgan fingerprint density at radius 3 is 2.33 bits per heavy atom. The number of sulfonamides is 1. The van der Waals surface area contributed by atoms with Gasteiger partial charge in [0.15, 0.2) is 0 Å². The topological polar surface area (TPSA) is 59.1 Å². The molecule has 0 spiro atoms. The normalized spacial score (nSPS) is 11.4. The highest BCUT2D eigenvalue weighted by Gasteiger charge is 2.20. The molecule has 0 amide bonds. The number of nitrogens with zero attached hydrogens (tertiary/aromatic N) is 1. The van der Waals surface area contributed by atoms with E-state index in [4.69, 9.17) is 0 Å². The molecule has 1 N–H and O–H groups in total. The van der Waals surface area contributed by atoms with Gasteiger partial charge >= 0.3 is 0 Å². The van der Waals surface area contributed by atoms with E-state index in [2.05, 4.69) is 9.71 Å². The van der Waals surface area contributed by atoms with E-state index in [1.807, 2.05) is 36.4 Å². The first kappa shape index (κ1) is 17.2. The van der Waals surface area contributed by atoms with Crippen molar-refractivity contribution in [1.29, 1.82) is 0 Å². The van der Waals surface area contributed by atoms with E-state index in [1.54, 1.807) is 24.3 Å². The Morgan fingerprint density at radius 1 is 0.778 bits per heavy atom. The second-order valence-corrected chi connectivity index (χ2v) is 7.62. The zero-order valence-corrected chi connectivity index (χ0v) is 14.9. The highest BCUT2D eigenvalue weighted by atomic mass is 32.2. The van der Waals surface area contributed by atoms with Gasteiger partial charge in [0.2, 0.25) is 0 Å². The smallest absolute Gasteiger partial charge is 0.264 e. The van der Waals surface area contributed by atoms with Gasteiger partial charge in [0.1, 0.15) is 10.7 Å². The molecule has 4 rings (SSSR count). The molecule has 0 aliphatic heterocycles. The van der Waals surface area contributed by atoms with Gasteiger partial charge < -0.3 is 0 Å². The fraction of sp³-hybridized carbons (Fsp3) is 0. The Balaban J connectivity index is 1.78. The van der Waals surface area contributed by atoms with E-state index >= 15 is 0 Å². The monoisotopic (exact) mass is 378 g/mol. The van der Waals surface area contributed by atoms with Crippen LogP contribution in [0, 0.1) is 5.82 Å². The predicted octanol–water partition coefficient (Wildman–Crippen LogP) is 4.84. The minimum absolute atomic E-state index is 0.337. The molecule has 0 fully saturated rings. The molecular weight excluding hydrogens is 363 g/mol. The molecule has 4 aromatic rings. The Morgan fingerprint density at radius 2 is 1.48 bits per heavy atom. The number of rotatable bonds is 4. The summed E-state index contributed by atoms with van der Waals surface area (Å²) in [4.78, 5) is 4.22. The molecule has 0 aliphatic rings. The van der Waals surface area contributed by atoms with Gasteiger partial charge in [-0.2, -0.15) is 0 Å². The SMILES string of the molecule is O=S(=O)(Nc1ccccc1-c1ccc2ccccc2n1)c1ccccc1F. The van der Waals surface area contributed by atoms with Gasteiger partial charge in [-0.1, -0.05) is 54.6 Å². The maximum atomic E-state index is 14.0. The number of nitrogens with one attached hydrogen (secondary N) is 1. The van der Waals surface area contributed by atoms with E-state index in [1.165, 1.54) is 18.2 Å². The quantitative estimate of drug-likeness (QED) is 0.553. The van der Waals surface area contributed by atoms with Crippen molar-refractivity contribution in [3.63, 3.8) is 0 Å². The molecule has 27 heavy (non-hydrogen) atoms. The lowest BCUT2D eigenvalue weighted by atomic mass is 10.1. The fourth-order valence-corrected chi connectivity index (χ4v) is 4.03. The van der Waals surface area contributed by atoms with Gasteiger partial charge in [0, 0.05) is 10.9 Å². The molecule has 6 heteroatoms. The lowest BCUT2D eigenvalue weighted by molar-refractivity contribution is 0.570. The molecule has 0 unspecified atom stereocenters. The number of para-hydroxylation sites is 2. The molecule has 3 aromatic carbocycles. The first-order valence-electron chi connectivity index (χ1n) is 8.27. The van der Waals surface area contributed by atoms with Crippen molar-refractivity contribution in [3.05, 3.63) is 90.7 Å². The molecule has 0 radical (unpaired) electrons. The molecule has 0 aliphatic carbocycles. The maximum absolute atomic E-state index is 14.0. The average Bonchev–Trinajstić information content (AvgIpc) is 2.68. The molecule has 0 bridgehead atoms. The minimum Gasteiger partial charge on any atom is -0.279 e. The summed E-state index contributed by atoms with van der Waals surface area (Å²) in [6.45, 7) is 0. The Bertz CT molecular complexity index is 1240. The highest BCUT2D eigenvalue weighted by molar-refractivity contribution is 7.92. The lowest BCUT2D eigenvalue weighted by Gasteiger charge is -2.13. The standard InChI is InChI=1S/C21H15FN2O2S/c22-17-9-3-6-12-21(17)27(25,26)24-20-11-5-2-8-16(20)19-14-13-15-7-1-4-10-18(15)23-19/h1-14,24H. The Kier molecular flexibility index (Phi) is 4.33. The van der Waals surface area contributed by atoms with Crippen molar-refractivity contribution in [2.24, 2.45) is 0 Å². The van der Waals surface area contributed by atoms with Crippen LogP contribution in [0.2, 0.25) is 0 Å². The van der Waals surface area contributed by atoms with E-state index in [0.29, 0.717) is 16.9 Å². The first-order valence-corrected chi connectivity index (χ1v) is 9.75. The van der Waals surface area contributed by atoms with E-state index in [-0.39, 0.29) is 0 Å². The van der Waals surface area contributed by atoms with Crippen LogP contribution in [0.4, 0.5) is 10.1 Å². The first-order chi connectivity index (χ1) is 13.0. The third-order valence-corrected chi connectivity index (χ3v) is 5.57. The van der Waals surface area contributed by atoms with Crippen molar-refractivity contribution >= 4 is 26.6 Å². The predicted molar refractivity (Wildman–Crippen MR) is 104 cm³/mol. The van der Waals surface area contributed by atoms with Crippen molar-refractivity contribution in [2.75, 3.05) is 4.72 Å². The highest BCUT2D eigenvalue weighted by Crippen LogP contribution is 2.30. The average molecular weight is 378 g/mol. The van der Waals surface area contributed by atoms with Crippen LogP contribution >= 0.6 is 0 Å². The second kappa shape index (κ2) is 6.81. The fourth-order valence-electron chi connectivity index (χ4n) is 2.87. The third kappa shape index (κ3) is 3.39. The van der Waals surface area contributed by atoms with Crippen molar-refractivity contribution in [1.82, 2.24) is 4.98 Å². The number of pyridine rings is 1. The number of halogens is 1. The zero-order chi connectivity index (χ0) is 18.9. The molecular formula is C21H15FN2O2S. The van der Waals surface area contributed by atoms with Crippen LogP contribution in [0.1, 0.15) is 0 Å². The number of hydrogen-bond acceptors (Lipinski definition) is 3. The molecule has 0 saturated carbocycles. The minimum atomic E-state index is -4.07. The van der Waals surface area contributed by atoms with E-state index in [0.717, 1.165) is 17.0 Å².